The fourth-order valence-corrected chi connectivity index (χ4v) is 4.22. The van der Waals surface area contributed by atoms with Crippen LogP contribution in [0.3, 0.4) is 0 Å². The highest BCUT2D eigenvalue weighted by atomic mass is 16.3. The van der Waals surface area contributed by atoms with Crippen molar-refractivity contribution in [3.63, 3.8) is 0 Å². The molecule has 2 aromatic heterocycles. The van der Waals surface area contributed by atoms with E-state index in [-0.39, 0.29) is 6.85 Å². The lowest BCUT2D eigenvalue weighted by Crippen LogP contribution is -2.52. The summed E-state index contributed by atoms with van der Waals surface area (Å²) in [5.74, 6) is 1.87. The Bertz CT molecular complexity index is 1180. The lowest BCUT2D eigenvalue weighted by Gasteiger charge is -2.27. The summed E-state index contributed by atoms with van der Waals surface area (Å²) in [7, 11) is 1.90. The van der Waals surface area contributed by atoms with Crippen LogP contribution in [-0.4, -0.2) is 6.85 Å². The average molecular weight is 348 g/mol. The van der Waals surface area contributed by atoms with E-state index in [4.69, 9.17) is 8.53 Å². The van der Waals surface area contributed by atoms with Crippen LogP contribution in [0.2, 0.25) is 6.82 Å². The largest absolute Gasteiger partial charge is 0.457 e. The topological polar surface area (TPSA) is 20.3 Å². The van der Waals surface area contributed by atoms with Crippen molar-refractivity contribution in [2.45, 2.75) is 41.4 Å². The van der Waals surface area contributed by atoms with Crippen LogP contribution in [0.25, 0.3) is 17.0 Å². The van der Waals surface area contributed by atoms with E-state index in [0.717, 1.165) is 28.4 Å². The lowest BCUT2D eigenvalue weighted by atomic mass is 9.53. The highest BCUT2D eigenvalue weighted by molar-refractivity contribution is 6.79. The Hall–Kier alpha value is -2.49. The molecule has 0 radical (unpaired) electrons. The van der Waals surface area contributed by atoms with Crippen LogP contribution in [-0.2, 0) is 7.05 Å². The van der Waals surface area contributed by atoms with Crippen LogP contribution in [0.15, 0.2) is 34.5 Å². The molecule has 1 aromatic carbocycles. The number of pyridine rings is 1. The third-order valence-electron chi connectivity index (χ3n) is 5.42. The van der Waals surface area contributed by atoms with Crippen LogP contribution in [0.5, 0.6) is 0 Å². The van der Waals surface area contributed by atoms with Gasteiger partial charge in [0.05, 0.1) is 18.9 Å². The predicted octanol–water partition coefficient (Wildman–Crippen LogP) is 4.20. The Balaban J connectivity index is 1.90. The molecule has 0 aliphatic carbocycles. The number of aryl methyl sites for hydroxylation is 5. The van der Waals surface area contributed by atoms with Crippen LogP contribution >= 0.6 is 0 Å². The van der Waals surface area contributed by atoms with Crippen LogP contribution < -0.4 is 14.8 Å². The molecule has 3 aromatic rings. The van der Waals surface area contributed by atoms with Crippen LogP contribution in [0.1, 0.15) is 39.1 Å². The normalized spacial score (nSPS) is 16.2. The molecule has 0 amide bonds. The second-order valence-corrected chi connectivity index (χ2v) is 7.51. The molecular formula is C22H26BN2O+. The van der Waals surface area contributed by atoms with Crippen molar-refractivity contribution in [3.8, 4) is 0 Å². The van der Waals surface area contributed by atoms with Gasteiger partial charge < -0.3 is 4.42 Å². The summed E-state index contributed by atoms with van der Waals surface area (Å²) in [6, 6.07) is 6.26. The summed E-state index contributed by atoms with van der Waals surface area (Å²) in [5.41, 5.74) is 6.72. The third kappa shape index (κ3) is 2.39. The molecule has 26 heavy (non-hydrogen) atoms. The fraction of sp³-hybridized carbons (Fsp3) is 0.318. The fourth-order valence-electron chi connectivity index (χ4n) is 4.22. The van der Waals surface area contributed by atoms with E-state index in [2.05, 4.69) is 50.6 Å². The van der Waals surface area contributed by atoms with Crippen molar-refractivity contribution < 1.29 is 13.1 Å². The van der Waals surface area contributed by atoms with E-state index >= 15 is 0 Å². The van der Waals surface area contributed by atoms with Crippen molar-refractivity contribution in [1.29, 1.82) is 0 Å². The molecule has 0 saturated heterocycles. The van der Waals surface area contributed by atoms with E-state index in [9.17, 15) is 0 Å². The quantitative estimate of drug-likeness (QED) is 0.485. The first-order valence-corrected chi connectivity index (χ1v) is 9.01. The van der Waals surface area contributed by atoms with Crippen LogP contribution in [0.4, 0.5) is 5.82 Å². The van der Waals surface area contributed by atoms with Gasteiger partial charge in [0, 0.05) is 27.1 Å². The number of benzene rings is 1. The number of aromatic nitrogens is 1. The van der Waals surface area contributed by atoms with Crippen LogP contribution in [0, 0.1) is 27.6 Å². The molecule has 1 aliphatic heterocycles. The SMILES string of the molecule is [2H]C([2H])([2H])c1c[n+](C)c(N2B(C)c3c(oc4cc(C)cc(C)c34)C=C2C)cc1C. The zero-order valence-corrected chi connectivity index (χ0v) is 16.3. The summed E-state index contributed by atoms with van der Waals surface area (Å²) in [6.45, 7) is 8.25. The zero-order valence-electron chi connectivity index (χ0n) is 19.3. The predicted molar refractivity (Wildman–Crippen MR) is 110 cm³/mol. The molecule has 0 atom stereocenters. The average Bonchev–Trinajstić information content (AvgIpc) is 2.94. The second kappa shape index (κ2) is 5.77. The molecule has 0 fully saturated rings. The molecule has 132 valence electrons. The van der Waals surface area contributed by atoms with Gasteiger partial charge in [-0.05, 0) is 69.7 Å². The molecule has 0 unspecified atom stereocenters. The van der Waals surface area contributed by atoms with Crippen molar-refractivity contribution in [2.24, 2.45) is 7.05 Å². The Morgan fingerprint density at radius 2 is 1.85 bits per heavy atom. The molecule has 0 N–H and O–H groups in total. The number of hydrogen-bond acceptors (Lipinski definition) is 2. The van der Waals surface area contributed by atoms with Gasteiger partial charge in [0.2, 0.25) is 0 Å². The molecule has 3 heterocycles. The zero-order chi connectivity index (χ0) is 21.2. The highest BCUT2D eigenvalue weighted by Crippen LogP contribution is 2.31. The van der Waals surface area contributed by atoms with Gasteiger partial charge in [-0.2, -0.15) is 0 Å². The minimum atomic E-state index is -2.12. The number of nitrogens with zero attached hydrogens (tertiary/aromatic N) is 2. The number of allylic oxidation sites excluding steroid dienone is 1. The monoisotopic (exact) mass is 348 g/mol. The summed E-state index contributed by atoms with van der Waals surface area (Å²) in [5, 5.41) is 1.17. The van der Waals surface area contributed by atoms with Crippen molar-refractivity contribution >= 4 is 35.2 Å². The summed E-state index contributed by atoms with van der Waals surface area (Å²) < 4.78 is 31.5. The first kappa shape index (κ1) is 13.7. The molecule has 0 saturated carbocycles. The smallest absolute Gasteiger partial charge is 0.413 e. The molecule has 3 nitrogen and oxygen atoms in total. The maximum atomic E-state index is 7.79. The Labute approximate surface area is 160 Å². The number of fused-ring (bicyclic) bond motifs is 3. The molecule has 0 spiro atoms. The summed E-state index contributed by atoms with van der Waals surface area (Å²) in [6.07, 6.45) is 3.81. The third-order valence-corrected chi connectivity index (χ3v) is 5.42. The van der Waals surface area contributed by atoms with E-state index in [0.29, 0.717) is 5.56 Å². The van der Waals surface area contributed by atoms with Crippen molar-refractivity contribution in [2.75, 3.05) is 4.81 Å². The molecule has 4 rings (SSSR count). The number of anilines is 1. The molecule has 0 bridgehead atoms. The van der Waals surface area contributed by atoms with E-state index < -0.39 is 6.85 Å². The minimum Gasteiger partial charge on any atom is -0.457 e. The minimum absolute atomic E-state index is 0.0573. The summed E-state index contributed by atoms with van der Waals surface area (Å²) in [4.78, 5) is 2.26. The lowest BCUT2D eigenvalue weighted by molar-refractivity contribution is -0.658. The van der Waals surface area contributed by atoms with Gasteiger partial charge in [0.25, 0.3) is 5.82 Å². The Kier molecular flexibility index (Phi) is 3.03. The number of rotatable bonds is 1. The number of hydrogen-bond donors (Lipinski definition) is 0. The standard InChI is InChI=1S/C22H26BN2O/c1-13-8-15(3)21-18(9-13)26-19-11-17(5)25(23(6)22(19)21)20-10-14(2)16(4)12-24(20)7/h8-12H,1-7H3/q+1/i4D3. The Morgan fingerprint density at radius 1 is 1.08 bits per heavy atom. The first-order chi connectivity index (χ1) is 13.5. The van der Waals surface area contributed by atoms with Gasteiger partial charge in [-0.3, -0.25) is 4.81 Å². The maximum absolute atomic E-state index is 7.79. The molecule has 4 heteroatoms. The second-order valence-electron chi connectivity index (χ2n) is 7.51. The van der Waals surface area contributed by atoms with Gasteiger partial charge in [-0.1, -0.05) is 6.07 Å². The molecular weight excluding hydrogens is 319 g/mol. The van der Waals surface area contributed by atoms with Gasteiger partial charge in [0.1, 0.15) is 11.3 Å². The van der Waals surface area contributed by atoms with Gasteiger partial charge in [-0.25, -0.2) is 4.57 Å². The van der Waals surface area contributed by atoms with E-state index in [1.165, 1.54) is 22.0 Å². The summed E-state index contributed by atoms with van der Waals surface area (Å²) >= 11 is 0. The van der Waals surface area contributed by atoms with Gasteiger partial charge in [-0.15, -0.1) is 0 Å². The van der Waals surface area contributed by atoms with E-state index in [1.807, 2.05) is 24.6 Å². The number of furan rings is 1. The highest BCUT2D eigenvalue weighted by Gasteiger charge is 2.40. The molecule has 1 aliphatic rings. The van der Waals surface area contributed by atoms with Gasteiger partial charge >= 0.3 is 6.85 Å². The van der Waals surface area contributed by atoms with Crippen molar-refractivity contribution in [3.05, 3.63) is 58.1 Å². The van der Waals surface area contributed by atoms with E-state index in [1.54, 1.807) is 6.20 Å². The maximum Gasteiger partial charge on any atom is 0.413 e. The van der Waals surface area contributed by atoms with Gasteiger partial charge in [0.15, 0.2) is 0 Å². The first-order valence-electron chi connectivity index (χ1n) is 10.5. The Morgan fingerprint density at radius 3 is 2.58 bits per heavy atom. The van der Waals surface area contributed by atoms with Crippen molar-refractivity contribution in [1.82, 2.24) is 0 Å².